The van der Waals surface area contributed by atoms with Gasteiger partial charge in [-0.2, -0.15) is 0 Å². The normalized spacial score (nSPS) is 17.5. The minimum Gasteiger partial charge on any atom is -0.494 e. The second kappa shape index (κ2) is 9.43. The van der Waals surface area contributed by atoms with E-state index in [2.05, 4.69) is 27.9 Å². The molecule has 31 heavy (non-hydrogen) atoms. The first-order valence-corrected chi connectivity index (χ1v) is 11.5. The van der Waals surface area contributed by atoms with Crippen molar-refractivity contribution in [1.29, 1.82) is 0 Å². The molecule has 7 nitrogen and oxygen atoms in total. The summed E-state index contributed by atoms with van der Waals surface area (Å²) < 4.78 is 7.50. The van der Waals surface area contributed by atoms with Crippen LogP contribution in [0.15, 0.2) is 53.7 Å². The van der Waals surface area contributed by atoms with E-state index in [-0.39, 0.29) is 11.9 Å². The molecule has 3 aromatic rings. The Kier molecular flexibility index (Phi) is 6.46. The highest BCUT2D eigenvalue weighted by Crippen LogP contribution is 2.38. The first-order chi connectivity index (χ1) is 15.1. The second-order valence-electron chi connectivity index (χ2n) is 7.44. The molecule has 162 valence electrons. The minimum absolute atomic E-state index is 0.0722. The number of thioether (sulfide) groups is 1. The molecule has 0 saturated heterocycles. The number of benzene rings is 2. The van der Waals surface area contributed by atoms with Gasteiger partial charge in [-0.25, -0.2) is 4.68 Å². The van der Waals surface area contributed by atoms with Gasteiger partial charge in [0.15, 0.2) is 5.82 Å². The molecule has 0 fully saturated rings. The van der Waals surface area contributed by atoms with E-state index in [1.807, 2.05) is 67.1 Å². The molecule has 8 heteroatoms. The van der Waals surface area contributed by atoms with Crippen molar-refractivity contribution in [1.82, 2.24) is 14.9 Å². The van der Waals surface area contributed by atoms with E-state index in [0.717, 1.165) is 41.2 Å². The number of carbonyl (C=O) groups excluding carboxylic acids is 1. The average Bonchev–Trinajstić information content (AvgIpc) is 3.17. The topological polar surface area (TPSA) is 81.1 Å². The van der Waals surface area contributed by atoms with E-state index >= 15 is 0 Å². The largest absolute Gasteiger partial charge is 0.494 e. The van der Waals surface area contributed by atoms with Gasteiger partial charge in [0.1, 0.15) is 11.0 Å². The molecule has 1 aliphatic heterocycles. The Labute approximate surface area is 186 Å². The summed E-state index contributed by atoms with van der Waals surface area (Å²) in [5.41, 5.74) is 6.34. The SMILES string of the molecule is CCCc1nnc2n1N[C@@H](c1ccc(OCC)cc1)[C@H](C(=O)Nc1ccccc1C)S2. The van der Waals surface area contributed by atoms with Crippen molar-refractivity contribution in [2.75, 3.05) is 17.3 Å². The predicted molar refractivity (Wildman–Crippen MR) is 123 cm³/mol. The third kappa shape index (κ3) is 4.54. The zero-order valence-electron chi connectivity index (χ0n) is 18.0. The first-order valence-electron chi connectivity index (χ1n) is 10.6. The lowest BCUT2D eigenvalue weighted by molar-refractivity contribution is -0.116. The summed E-state index contributed by atoms with van der Waals surface area (Å²) in [7, 11) is 0. The van der Waals surface area contributed by atoms with Gasteiger partial charge in [0.25, 0.3) is 0 Å². The van der Waals surface area contributed by atoms with E-state index in [1.165, 1.54) is 11.8 Å². The quantitative estimate of drug-likeness (QED) is 0.572. The Morgan fingerprint density at radius 2 is 1.94 bits per heavy atom. The molecule has 2 N–H and O–H groups in total. The molecule has 0 aliphatic carbocycles. The summed E-state index contributed by atoms with van der Waals surface area (Å²) >= 11 is 1.44. The number of ether oxygens (including phenoxy) is 1. The van der Waals surface area contributed by atoms with Crippen molar-refractivity contribution >= 4 is 23.4 Å². The molecule has 1 amide bonds. The zero-order chi connectivity index (χ0) is 21.8. The summed E-state index contributed by atoms with van der Waals surface area (Å²) in [6, 6.07) is 15.4. The summed E-state index contributed by atoms with van der Waals surface area (Å²) in [5, 5.41) is 12.0. The minimum atomic E-state index is -0.413. The summed E-state index contributed by atoms with van der Waals surface area (Å²) in [6.45, 7) is 6.67. The van der Waals surface area contributed by atoms with Crippen LogP contribution >= 0.6 is 11.8 Å². The van der Waals surface area contributed by atoms with Crippen molar-refractivity contribution in [2.45, 2.75) is 50.1 Å². The molecule has 0 bridgehead atoms. The molecule has 0 saturated carbocycles. The lowest BCUT2D eigenvalue weighted by atomic mass is 10.0. The van der Waals surface area contributed by atoms with Gasteiger partial charge < -0.3 is 15.5 Å². The fourth-order valence-electron chi connectivity index (χ4n) is 3.59. The fourth-order valence-corrected chi connectivity index (χ4v) is 4.69. The van der Waals surface area contributed by atoms with E-state index < -0.39 is 5.25 Å². The maximum Gasteiger partial charge on any atom is 0.240 e. The smallest absolute Gasteiger partial charge is 0.240 e. The van der Waals surface area contributed by atoms with Gasteiger partial charge in [0, 0.05) is 12.1 Å². The van der Waals surface area contributed by atoms with Crippen LogP contribution in [0.2, 0.25) is 0 Å². The van der Waals surface area contributed by atoms with E-state index in [9.17, 15) is 4.79 Å². The molecule has 0 unspecified atom stereocenters. The van der Waals surface area contributed by atoms with E-state index in [0.29, 0.717) is 11.8 Å². The molecule has 1 aromatic heterocycles. The molecule has 4 rings (SSSR count). The summed E-state index contributed by atoms with van der Waals surface area (Å²) in [5.74, 6) is 1.61. The molecule has 0 spiro atoms. The van der Waals surface area contributed by atoms with Gasteiger partial charge in [0.05, 0.1) is 12.6 Å². The average molecular weight is 438 g/mol. The number of carbonyl (C=O) groups is 1. The van der Waals surface area contributed by atoms with E-state index in [1.54, 1.807) is 0 Å². The standard InChI is InChI=1S/C23H27N5O2S/c1-4-8-19-25-26-23-28(19)27-20(16-11-13-17(14-12-16)30-5-2)21(31-23)22(29)24-18-10-7-6-9-15(18)3/h6-7,9-14,20-21,27H,4-5,8H2,1-3H3,(H,24,29)/t20-,21+/m0/s1. The number of hydrogen-bond acceptors (Lipinski definition) is 6. The van der Waals surface area contributed by atoms with Crippen LogP contribution in [0.3, 0.4) is 0 Å². The number of amides is 1. The zero-order valence-corrected chi connectivity index (χ0v) is 18.8. The maximum atomic E-state index is 13.4. The summed E-state index contributed by atoms with van der Waals surface area (Å²) in [4.78, 5) is 13.4. The lowest BCUT2D eigenvalue weighted by Gasteiger charge is -2.33. The highest BCUT2D eigenvalue weighted by Gasteiger charge is 2.37. The third-order valence-corrected chi connectivity index (χ3v) is 6.40. The third-order valence-electron chi connectivity index (χ3n) is 5.19. The number of nitrogens with zero attached hydrogens (tertiary/aromatic N) is 3. The molecule has 2 atom stereocenters. The summed E-state index contributed by atoms with van der Waals surface area (Å²) in [6.07, 6.45) is 1.78. The fraction of sp³-hybridized carbons (Fsp3) is 0.348. The van der Waals surface area contributed by atoms with E-state index in [4.69, 9.17) is 4.74 Å². The lowest BCUT2D eigenvalue weighted by Crippen LogP contribution is -2.41. The van der Waals surface area contributed by atoms with Crippen LogP contribution in [0.5, 0.6) is 5.75 Å². The molecular weight excluding hydrogens is 410 g/mol. The monoisotopic (exact) mass is 437 g/mol. The Bertz CT molecular complexity index is 1050. The Balaban J connectivity index is 1.66. The van der Waals surface area contributed by atoms with Crippen LogP contribution in [-0.4, -0.2) is 32.6 Å². The number of aryl methyl sites for hydroxylation is 2. The number of anilines is 1. The molecular formula is C23H27N5O2S. The number of nitrogens with one attached hydrogen (secondary N) is 2. The van der Waals surface area contributed by atoms with Crippen LogP contribution in [0.4, 0.5) is 5.69 Å². The van der Waals surface area contributed by atoms with Crippen LogP contribution < -0.4 is 15.5 Å². The number of rotatable bonds is 7. The van der Waals surface area contributed by atoms with Gasteiger partial charge in [-0.1, -0.05) is 49.0 Å². The number of para-hydroxylation sites is 1. The molecule has 1 aliphatic rings. The Morgan fingerprint density at radius 1 is 1.16 bits per heavy atom. The van der Waals surface area contributed by atoms with Gasteiger partial charge >= 0.3 is 0 Å². The van der Waals surface area contributed by atoms with Crippen LogP contribution in [-0.2, 0) is 11.2 Å². The van der Waals surface area contributed by atoms with Crippen molar-refractivity contribution in [3.05, 3.63) is 65.5 Å². The van der Waals surface area contributed by atoms with Crippen LogP contribution in [0.1, 0.15) is 43.3 Å². The van der Waals surface area contributed by atoms with Gasteiger partial charge in [0.2, 0.25) is 11.1 Å². The Morgan fingerprint density at radius 3 is 2.65 bits per heavy atom. The van der Waals surface area contributed by atoms with Crippen molar-refractivity contribution < 1.29 is 9.53 Å². The first kappa shape index (κ1) is 21.2. The number of hydrogen-bond donors (Lipinski definition) is 2. The van der Waals surface area contributed by atoms with Crippen LogP contribution in [0, 0.1) is 6.92 Å². The van der Waals surface area contributed by atoms with Crippen molar-refractivity contribution in [3.63, 3.8) is 0 Å². The van der Waals surface area contributed by atoms with Crippen molar-refractivity contribution in [2.24, 2.45) is 0 Å². The molecule has 2 aromatic carbocycles. The number of fused-ring (bicyclic) bond motifs is 1. The van der Waals surface area contributed by atoms with Gasteiger partial charge in [-0.15, -0.1) is 10.2 Å². The predicted octanol–water partition coefficient (Wildman–Crippen LogP) is 4.34. The maximum absolute atomic E-state index is 13.4. The van der Waals surface area contributed by atoms with Gasteiger partial charge in [-0.05, 0) is 49.6 Å². The number of aromatic nitrogens is 3. The molecule has 0 radical (unpaired) electrons. The highest BCUT2D eigenvalue weighted by molar-refractivity contribution is 8.00. The van der Waals surface area contributed by atoms with Crippen molar-refractivity contribution in [3.8, 4) is 5.75 Å². The Hall–Kier alpha value is -3.00. The molecule has 2 heterocycles. The van der Waals surface area contributed by atoms with Gasteiger partial charge in [-0.3, -0.25) is 4.79 Å². The second-order valence-corrected chi connectivity index (χ2v) is 8.54. The van der Waals surface area contributed by atoms with Crippen LogP contribution in [0.25, 0.3) is 0 Å². The highest BCUT2D eigenvalue weighted by atomic mass is 32.2.